The van der Waals surface area contributed by atoms with E-state index >= 15 is 0 Å². The monoisotopic (exact) mass is 293 g/mol. The molecule has 1 saturated carbocycles. The summed E-state index contributed by atoms with van der Waals surface area (Å²) >= 11 is 6.23. The molecule has 1 atom stereocenters. The van der Waals surface area contributed by atoms with E-state index in [0.717, 1.165) is 18.4 Å². The van der Waals surface area contributed by atoms with E-state index in [9.17, 15) is 4.79 Å². The van der Waals surface area contributed by atoms with E-state index in [4.69, 9.17) is 16.3 Å². The minimum atomic E-state index is -0.0946. The van der Waals surface area contributed by atoms with Crippen molar-refractivity contribution in [1.82, 2.24) is 4.90 Å². The highest BCUT2D eigenvalue weighted by Crippen LogP contribution is 2.31. The van der Waals surface area contributed by atoms with Crippen LogP contribution in [0, 0.1) is 5.92 Å². The van der Waals surface area contributed by atoms with Gasteiger partial charge in [-0.3, -0.25) is 4.79 Å². The Morgan fingerprint density at radius 2 is 2.00 bits per heavy atom. The van der Waals surface area contributed by atoms with Crippen molar-refractivity contribution in [3.05, 3.63) is 34.9 Å². The predicted octanol–water partition coefficient (Wildman–Crippen LogP) is 3.43. The Morgan fingerprint density at radius 1 is 1.25 bits per heavy atom. The number of morpholine rings is 1. The van der Waals surface area contributed by atoms with Gasteiger partial charge in [-0.05, 0) is 18.9 Å². The molecule has 3 nitrogen and oxygen atoms in total. The molecule has 1 heterocycles. The molecule has 1 amide bonds. The van der Waals surface area contributed by atoms with Gasteiger partial charge in [0.1, 0.15) is 6.10 Å². The van der Waals surface area contributed by atoms with Gasteiger partial charge in [-0.2, -0.15) is 0 Å². The zero-order valence-corrected chi connectivity index (χ0v) is 12.3. The first-order valence-corrected chi connectivity index (χ1v) is 7.78. The Kier molecular flexibility index (Phi) is 4.27. The molecule has 1 aliphatic carbocycles. The average molecular weight is 294 g/mol. The maximum absolute atomic E-state index is 12.5. The first-order chi connectivity index (χ1) is 9.75. The molecule has 20 heavy (non-hydrogen) atoms. The summed E-state index contributed by atoms with van der Waals surface area (Å²) in [5.74, 6) is 0.544. The fraction of sp³-hybridized carbons (Fsp3) is 0.562. The molecule has 2 aliphatic rings. The number of halogens is 1. The van der Waals surface area contributed by atoms with Crippen molar-refractivity contribution < 1.29 is 9.53 Å². The van der Waals surface area contributed by atoms with Crippen LogP contribution in [-0.4, -0.2) is 30.5 Å². The Morgan fingerprint density at radius 3 is 2.75 bits per heavy atom. The molecule has 1 saturated heterocycles. The van der Waals surface area contributed by atoms with Crippen molar-refractivity contribution in [1.29, 1.82) is 0 Å². The smallest absolute Gasteiger partial charge is 0.225 e. The fourth-order valence-corrected chi connectivity index (χ4v) is 3.46. The molecule has 4 heteroatoms. The van der Waals surface area contributed by atoms with Crippen LogP contribution >= 0.6 is 11.6 Å². The largest absolute Gasteiger partial charge is 0.370 e. The van der Waals surface area contributed by atoms with Crippen molar-refractivity contribution in [3.63, 3.8) is 0 Å². The zero-order valence-electron chi connectivity index (χ0n) is 11.6. The van der Waals surface area contributed by atoms with Gasteiger partial charge < -0.3 is 9.64 Å². The quantitative estimate of drug-likeness (QED) is 0.836. The molecule has 0 aromatic heterocycles. The lowest BCUT2D eigenvalue weighted by atomic mass is 10.0. The lowest BCUT2D eigenvalue weighted by molar-refractivity contribution is -0.143. The molecular formula is C16H20ClNO2. The molecule has 0 radical (unpaired) electrons. The maximum atomic E-state index is 12.5. The third kappa shape index (κ3) is 2.84. The van der Waals surface area contributed by atoms with Crippen LogP contribution in [0.4, 0.5) is 0 Å². The van der Waals surface area contributed by atoms with Crippen molar-refractivity contribution in [2.45, 2.75) is 31.8 Å². The number of carbonyl (C=O) groups excluding carboxylic acids is 1. The van der Waals surface area contributed by atoms with E-state index in [-0.39, 0.29) is 12.0 Å². The minimum absolute atomic E-state index is 0.0946. The number of benzene rings is 1. The van der Waals surface area contributed by atoms with Gasteiger partial charge in [0.2, 0.25) is 5.91 Å². The van der Waals surface area contributed by atoms with E-state index in [0.29, 0.717) is 30.6 Å². The number of hydrogen-bond acceptors (Lipinski definition) is 2. The first-order valence-electron chi connectivity index (χ1n) is 7.40. The Labute approximate surface area is 124 Å². The molecule has 0 spiro atoms. The number of rotatable bonds is 2. The highest BCUT2D eigenvalue weighted by molar-refractivity contribution is 6.31. The molecule has 1 aliphatic heterocycles. The number of nitrogens with zero attached hydrogens (tertiary/aromatic N) is 1. The SMILES string of the molecule is O=C(C1CCCC1)N1CCOC(c2ccccc2Cl)C1. The standard InChI is InChI=1S/C16H20ClNO2/c17-14-8-4-3-7-13(14)15-11-18(9-10-20-15)16(19)12-5-1-2-6-12/h3-4,7-8,12,15H,1-2,5-6,9-11H2. The summed E-state index contributed by atoms with van der Waals surface area (Å²) < 4.78 is 5.81. The number of ether oxygens (including phenoxy) is 1. The molecule has 108 valence electrons. The Hall–Kier alpha value is -1.06. The van der Waals surface area contributed by atoms with Crippen molar-refractivity contribution in [2.24, 2.45) is 5.92 Å². The van der Waals surface area contributed by atoms with Gasteiger partial charge in [0.25, 0.3) is 0 Å². The lowest BCUT2D eigenvalue weighted by Crippen LogP contribution is -2.44. The van der Waals surface area contributed by atoms with Gasteiger partial charge in [0.15, 0.2) is 0 Å². The van der Waals surface area contributed by atoms with Crippen LogP contribution in [0.2, 0.25) is 5.02 Å². The third-order valence-electron chi connectivity index (χ3n) is 4.33. The summed E-state index contributed by atoms with van der Waals surface area (Å²) in [6, 6.07) is 7.73. The maximum Gasteiger partial charge on any atom is 0.225 e. The van der Waals surface area contributed by atoms with Crippen LogP contribution in [0.1, 0.15) is 37.4 Å². The van der Waals surface area contributed by atoms with Crippen molar-refractivity contribution in [3.8, 4) is 0 Å². The van der Waals surface area contributed by atoms with E-state index in [1.807, 2.05) is 29.2 Å². The number of carbonyl (C=O) groups is 1. The molecule has 1 unspecified atom stereocenters. The van der Waals surface area contributed by atoms with Gasteiger partial charge in [-0.15, -0.1) is 0 Å². The minimum Gasteiger partial charge on any atom is -0.370 e. The van der Waals surface area contributed by atoms with Crippen molar-refractivity contribution in [2.75, 3.05) is 19.7 Å². The molecular weight excluding hydrogens is 274 g/mol. The molecule has 3 rings (SSSR count). The molecule has 0 bridgehead atoms. The fourth-order valence-electron chi connectivity index (χ4n) is 3.20. The van der Waals surface area contributed by atoms with Crippen LogP contribution in [0.5, 0.6) is 0 Å². The predicted molar refractivity (Wildman–Crippen MR) is 78.7 cm³/mol. The summed E-state index contributed by atoms with van der Waals surface area (Å²) in [5, 5.41) is 0.715. The normalized spacial score (nSPS) is 24.1. The lowest BCUT2D eigenvalue weighted by Gasteiger charge is -2.35. The van der Waals surface area contributed by atoms with Gasteiger partial charge in [-0.1, -0.05) is 42.6 Å². The Bertz CT molecular complexity index is 485. The van der Waals surface area contributed by atoms with Gasteiger partial charge >= 0.3 is 0 Å². The number of hydrogen-bond donors (Lipinski definition) is 0. The van der Waals surface area contributed by atoms with E-state index in [2.05, 4.69) is 0 Å². The van der Waals surface area contributed by atoms with Crippen LogP contribution in [0.15, 0.2) is 24.3 Å². The molecule has 2 fully saturated rings. The van der Waals surface area contributed by atoms with Gasteiger partial charge in [0.05, 0.1) is 13.2 Å². The van der Waals surface area contributed by atoms with Crippen LogP contribution < -0.4 is 0 Å². The second kappa shape index (κ2) is 6.15. The first kappa shape index (κ1) is 13.9. The molecule has 0 N–H and O–H groups in total. The van der Waals surface area contributed by atoms with E-state index in [1.165, 1.54) is 12.8 Å². The summed E-state index contributed by atoms with van der Waals surface area (Å²) in [5.41, 5.74) is 0.984. The average Bonchev–Trinajstić information content (AvgIpc) is 3.01. The zero-order chi connectivity index (χ0) is 13.9. The summed E-state index contributed by atoms with van der Waals surface area (Å²) in [4.78, 5) is 14.5. The van der Waals surface area contributed by atoms with Crippen molar-refractivity contribution >= 4 is 17.5 Å². The van der Waals surface area contributed by atoms with Crippen LogP contribution in [0.25, 0.3) is 0 Å². The second-order valence-corrected chi connectivity index (χ2v) is 6.05. The van der Waals surface area contributed by atoms with Crippen LogP contribution in [-0.2, 0) is 9.53 Å². The van der Waals surface area contributed by atoms with Gasteiger partial charge in [0, 0.05) is 23.0 Å². The Balaban J connectivity index is 1.70. The summed E-state index contributed by atoms with van der Waals surface area (Å²) in [7, 11) is 0. The topological polar surface area (TPSA) is 29.5 Å². The van der Waals surface area contributed by atoms with Crippen LogP contribution in [0.3, 0.4) is 0 Å². The summed E-state index contributed by atoms with van der Waals surface area (Å²) in [6.45, 7) is 1.92. The molecule has 1 aromatic carbocycles. The molecule has 1 aromatic rings. The summed E-state index contributed by atoms with van der Waals surface area (Å²) in [6.07, 6.45) is 4.38. The highest BCUT2D eigenvalue weighted by atomic mass is 35.5. The van der Waals surface area contributed by atoms with E-state index < -0.39 is 0 Å². The van der Waals surface area contributed by atoms with E-state index in [1.54, 1.807) is 0 Å². The highest BCUT2D eigenvalue weighted by Gasteiger charge is 2.31. The van der Waals surface area contributed by atoms with Gasteiger partial charge in [-0.25, -0.2) is 0 Å². The third-order valence-corrected chi connectivity index (χ3v) is 4.68. The number of amides is 1. The second-order valence-electron chi connectivity index (χ2n) is 5.65.